The van der Waals surface area contributed by atoms with Gasteiger partial charge in [0.25, 0.3) is 0 Å². The van der Waals surface area contributed by atoms with Gasteiger partial charge in [-0.15, -0.1) is 0 Å². The summed E-state index contributed by atoms with van der Waals surface area (Å²) >= 11 is 6.09. The first-order valence-electron chi connectivity index (χ1n) is 10.8. The number of aryl methyl sites for hydroxylation is 1. The molecule has 1 fully saturated rings. The van der Waals surface area contributed by atoms with E-state index in [1.54, 1.807) is 6.07 Å². The van der Waals surface area contributed by atoms with E-state index < -0.39 is 0 Å². The van der Waals surface area contributed by atoms with Crippen LogP contribution < -0.4 is 4.74 Å². The van der Waals surface area contributed by atoms with Crippen molar-refractivity contribution >= 4 is 17.4 Å². The minimum Gasteiger partial charge on any atom is -0.490 e. The van der Waals surface area contributed by atoms with Crippen molar-refractivity contribution in [2.45, 2.75) is 32.3 Å². The van der Waals surface area contributed by atoms with E-state index in [1.807, 2.05) is 43.3 Å². The molecule has 160 valence electrons. The summed E-state index contributed by atoms with van der Waals surface area (Å²) in [7, 11) is 2.16. The van der Waals surface area contributed by atoms with Crippen LogP contribution in [0.1, 0.15) is 34.3 Å². The number of Topliss-reactive ketones (excluding diaryl/α,β-unsaturated/α-hetero) is 1. The Bertz CT molecular complexity index is 1020. The summed E-state index contributed by atoms with van der Waals surface area (Å²) in [6.45, 7) is 4.13. The predicted molar refractivity (Wildman–Crippen MR) is 127 cm³/mol. The molecule has 1 saturated heterocycles. The Kier molecular flexibility index (Phi) is 6.74. The lowest BCUT2D eigenvalue weighted by atomic mass is 9.99. The molecule has 1 aliphatic rings. The van der Waals surface area contributed by atoms with E-state index in [0.29, 0.717) is 23.1 Å². The van der Waals surface area contributed by atoms with Crippen molar-refractivity contribution in [1.82, 2.24) is 4.90 Å². The van der Waals surface area contributed by atoms with Crippen molar-refractivity contribution in [2.24, 2.45) is 0 Å². The third-order valence-corrected chi connectivity index (χ3v) is 6.06. The van der Waals surface area contributed by atoms with E-state index in [-0.39, 0.29) is 5.78 Å². The van der Waals surface area contributed by atoms with Crippen molar-refractivity contribution in [3.8, 4) is 16.9 Å². The highest BCUT2D eigenvalue weighted by Gasteiger charge is 2.18. The standard InChI is InChI=1S/C27H28ClNO2/c1-19-15-23(18-24(28)16-19)27(30)17-20-3-5-21(6-4-20)22-7-9-25(10-8-22)31-26-11-13-29(2)14-12-26/h3-10,15-16,18,26H,11-14,17H2,1-2H3. The molecule has 4 heteroatoms. The highest BCUT2D eigenvalue weighted by atomic mass is 35.5. The summed E-state index contributed by atoms with van der Waals surface area (Å²) in [4.78, 5) is 15.0. The van der Waals surface area contributed by atoms with Crippen LogP contribution in [0.5, 0.6) is 5.75 Å². The molecule has 0 N–H and O–H groups in total. The van der Waals surface area contributed by atoms with Gasteiger partial charge in [-0.3, -0.25) is 4.79 Å². The van der Waals surface area contributed by atoms with Crippen molar-refractivity contribution < 1.29 is 9.53 Å². The van der Waals surface area contributed by atoms with E-state index in [0.717, 1.165) is 53.9 Å². The number of piperidine rings is 1. The zero-order valence-electron chi connectivity index (χ0n) is 18.1. The summed E-state index contributed by atoms with van der Waals surface area (Å²) in [5.41, 5.74) is 4.91. The average Bonchev–Trinajstić information content (AvgIpc) is 2.76. The Morgan fingerprint density at radius 1 is 0.968 bits per heavy atom. The number of carbonyl (C=O) groups excluding carboxylic acids is 1. The van der Waals surface area contributed by atoms with E-state index in [4.69, 9.17) is 16.3 Å². The molecule has 1 aliphatic heterocycles. The van der Waals surface area contributed by atoms with Gasteiger partial charge in [-0.05, 0) is 79.4 Å². The normalized spacial score (nSPS) is 15.1. The van der Waals surface area contributed by atoms with Gasteiger partial charge in [-0.2, -0.15) is 0 Å². The Balaban J connectivity index is 1.38. The smallest absolute Gasteiger partial charge is 0.167 e. The second kappa shape index (κ2) is 9.67. The third kappa shape index (κ3) is 5.75. The molecule has 0 unspecified atom stereocenters. The van der Waals surface area contributed by atoms with Crippen molar-refractivity contribution in [2.75, 3.05) is 20.1 Å². The number of halogens is 1. The number of rotatable bonds is 6. The zero-order valence-corrected chi connectivity index (χ0v) is 18.9. The molecular formula is C27H28ClNO2. The Hall–Kier alpha value is -2.62. The molecule has 3 aromatic carbocycles. The number of carbonyl (C=O) groups is 1. The number of ketones is 1. The SMILES string of the molecule is Cc1cc(Cl)cc(C(=O)Cc2ccc(-c3ccc(OC4CCN(C)CC4)cc3)cc2)c1. The molecule has 1 heterocycles. The number of benzene rings is 3. The first-order valence-corrected chi connectivity index (χ1v) is 11.2. The van der Waals surface area contributed by atoms with Crippen LogP contribution in [0.15, 0.2) is 66.7 Å². The van der Waals surface area contributed by atoms with Crippen LogP contribution >= 0.6 is 11.6 Å². The number of nitrogens with zero attached hydrogens (tertiary/aromatic N) is 1. The van der Waals surface area contributed by atoms with Crippen LogP contribution in [-0.2, 0) is 6.42 Å². The minimum absolute atomic E-state index is 0.0776. The minimum atomic E-state index is 0.0776. The van der Waals surface area contributed by atoms with Crippen LogP contribution in [-0.4, -0.2) is 36.9 Å². The quantitative estimate of drug-likeness (QED) is 0.432. The zero-order chi connectivity index (χ0) is 21.8. The number of hydrogen-bond acceptors (Lipinski definition) is 3. The Labute approximate surface area is 189 Å². The van der Waals surface area contributed by atoms with Gasteiger partial charge in [0.1, 0.15) is 11.9 Å². The van der Waals surface area contributed by atoms with Gasteiger partial charge in [0.15, 0.2) is 5.78 Å². The molecule has 0 bridgehead atoms. The van der Waals surface area contributed by atoms with E-state index in [1.165, 1.54) is 0 Å². The highest BCUT2D eigenvalue weighted by molar-refractivity contribution is 6.31. The van der Waals surface area contributed by atoms with Gasteiger partial charge in [0, 0.05) is 30.1 Å². The van der Waals surface area contributed by atoms with Crippen LogP contribution in [0.4, 0.5) is 0 Å². The lowest BCUT2D eigenvalue weighted by Gasteiger charge is -2.29. The summed E-state index contributed by atoms with van der Waals surface area (Å²) in [6.07, 6.45) is 2.83. The molecule has 0 spiro atoms. The van der Waals surface area contributed by atoms with Gasteiger partial charge in [-0.25, -0.2) is 0 Å². The highest BCUT2D eigenvalue weighted by Crippen LogP contribution is 2.25. The summed E-state index contributed by atoms with van der Waals surface area (Å²) in [5.74, 6) is 1.01. The largest absolute Gasteiger partial charge is 0.490 e. The molecule has 0 saturated carbocycles. The maximum atomic E-state index is 12.6. The first-order chi connectivity index (χ1) is 15.0. The van der Waals surface area contributed by atoms with Crippen LogP contribution in [0, 0.1) is 6.92 Å². The average molecular weight is 434 g/mol. The number of ether oxygens (including phenoxy) is 1. The van der Waals surface area contributed by atoms with Crippen LogP contribution in [0.25, 0.3) is 11.1 Å². The van der Waals surface area contributed by atoms with Gasteiger partial charge < -0.3 is 9.64 Å². The molecular weight excluding hydrogens is 406 g/mol. The molecule has 3 nitrogen and oxygen atoms in total. The molecule has 0 aliphatic carbocycles. The third-order valence-electron chi connectivity index (χ3n) is 5.84. The van der Waals surface area contributed by atoms with Gasteiger partial charge in [0.2, 0.25) is 0 Å². The van der Waals surface area contributed by atoms with E-state index in [9.17, 15) is 4.79 Å². The van der Waals surface area contributed by atoms with Gasteiger partial charge in [0.05, 0.1) is 0 Å². The first kappa shape index (κ1) is 21.6. The number of hydrogen-bond donors (Lipinski definition) is 0. The molecule has 0 amide bonds. The second-order valence-corrected chi connectivity index (χ2v) is 8.90. The lowest BCUT2D eigenvalue weighted by molar-refractivity contribution is 0.0993. The molecule has 3 aromatic rings. The maximum Gasteiger partial charge on any atom is 0.167 e. The summed E-state index contributed by atoms with van der Waals surface area (Å²) in [6, 6.07) is 21.9. The lowest BCUT2D eigenvalue weighted by Crippen LogP contribution is -2.35. The fourth-order valence-electron chi connectivity index (χ4n) is 4.02. The molecule has 0 radical (unpaired) electrons. The molecule has 31 heavy (non-hydrogen) atoms. The van der Waals surface area contributed by atoms with Crippen LogP contribution in [0.2, 0.25) is 5.02 Å². The fourth-order valence-corrected chi connectivity index (χ4v) is 4.31. The van der Waals surface area contributed by atoms with E-state index in [2.05, 4.69) is 36.2 Å². The van der Waals surface area contributed by atoms with Gasteiger partial charge in [-0.1, -0.05) is 48.0 Å². The second-order valence-electron chi connectivity index (χ2n) is 8.46. The summed E-state index contributed by atoms with van der Waals surface area (Å²) in [5, 5.41) is 0.599. The number of likely N-dealkylation sites (tertiary alicyclic amines) is 1. The Morgan fingerprint density at radius 2 is 1.58 bits per heavy atom. The predicted octanol–water partition coefficient (Wildman–Crippen LogP) is 6.21. The Morgan fingerprint density at radius 3 is 2.19 bits per heavy atom. The monoisotopic (exact) mass is 433 g/mol. The maximum absolute atomic E-state index is 12.6. The molecule has 0 aromatic heterocycles. The molecule has 0 atom stereocenters. The van der Waals surface area contributed by atoms with E-state index >= 15 is 0 Å². The van der Waals surface area contributed by atoms with Crippen molar-refractivity contribution in [3.05, 3.63) is 88.4 Å². The van der Waals surface area contributed by atoms with Crippen molar-refractivity contribution in [3.63, 3.8) is 0 Å². The van der Waals surface area contributed by atoms with Crippen LogP contribution in [0.3, 0.4) is 0 Å². The summed E-state index contributed by atoms with van der Waals surface area (Å²) < 4.78 is 6.14. The van der Waals surface area contributed by atoms with Gasteiger partial charge >= 0.3 is 0 Å². The topological polar surface area (TPSA) is 29.5 Å². The molecule has 4 rings (SSSR count). The fraction of sp³-hybridized carbons (Fsp3) is 0.296. The van der Waals surface area contributed by atoms with Crippen molar-refractivity contribution in [1.29, 1.82) is 0 Å².